The Morgan fingerprint density at radius 2 is 1.92 bits per heavy atom. The summed E-state index contributed by atoms with van der Waals surface area (Å²) in [6, 6.07) is -1.23. The number of nitrogens with one attached hydrogen (secondary N) is 1. The largest absolute Gasteiger partial charge is 0.480 e. The van der Waals surface area contributed by atoms with E-state index in [0.717, 1.165) is 6.42 Å². The number of rotatable bonds is 7. The number of hydrogen-bond donors (Lipinski definition) is 4. The summed E-state index contributed by atoms with van der Waals surface area (Å²) < 4.78 is 0. The SMILES string of the molecule is CCCC(NC(CO)CO)C(=O)O. The van der Waals surface area contributed by atoms with Crippen molar-refractivity contribution in [1.29, 1.82) is 0 Å². The van der Waals surface area contributed by atoms with Crippen LogP contribution >= 0.6 is 0 Å². The third-order valence-electron chi connectivity index (χ3n) is 1.75. The summed E-state index contributed by atoms with van der Waals surface area (Å²) in [5, 5.41) is 28.8. The molecule has 4 N–H and O–H groups in total. The molecule has 0 fully saturated rings. The van der Waals surface area contributed by atoms with E-state index in [0.29, 0.717) is 6.42 Å². The first kappa shape index (κ1) is 12.3. The van der Waals surface area contributed by atoms with Gasteiger partial charge in [0.15, 0.2) is 0 Å². The van der Waals surface area contributed by atoms with E-state index in [-0.39, 0.29) is 13.2 Å². The highest BCUT2D eigenvalue weighted by Gasteiger charge is 2.19. The number of aliphatic carboxylic acids is 1. The van der Waals surface area contributed by atoms with E-state index in [9.17, 15) is 4.79 Å². The molecule has 0 aromatic heterocycles. The minimum atomic E-state index is -0.950. The number of carboxylic acid groups (broad SMARTS) is 1. The van der Waals surface area contributed by atoms with E-state index in [1.807, 2.05) is 6.92 Å². The van der Waals surface area contributed by atoms with Gasteiger partial charge in [0.25, 0.3) is 0 Å². The third kappa shape index (κ3) is 4.82. The zero-order chi connectivity index (χ0) is 10.3. The summed E-state index contributed by atoms with van der Waals surface area (Å²) in [5.41, 5.74) is 0. The monoisotopic (exact) mass is 191 g/mol. The molecule has 0 spiro atoms. The van der Waals surface area contributed by atoms with Gasteiger partial charge in [0.1, 0.15) is 6.04 Å². The lowest BCUT2D eigenvalue weighted by Crippen LogP contribution is -2.46. The second-order valence-electron chi connectivity index (χ2n) is 2.91. The summed E-state index contributed by atoms with van der Waals surface area (Å²) in [4.78, 5) is 10.6. The Morgan fingerprint density at radius 3 is 2.23 bits per heavy atom. The molecule has 1 unspecified atom stereocenters. The van der Waals surface area contributed by atoms with E-state index < -0.39 is 18.1 Å². The van der Waals surface area contributed by atoms with Crippen molar-refractivity contribution >= 4 is 5.97 Å². The molecule has 0 bridgehead atoms. The molecule has 0 aromatic rings. The molecule has 13 heavy (non-hydrogen) atoms. The van der Waals surface area contributed by atoms with Crippen LogP contribution in [-0.4, -0.2) is 46.6 Å². The average molecular weight is 191 g/mol. The molecule has 0 saturated heterocycles. The van der Waals surface area contributed by atoms with Crippen LogP contribution in [0.4, 0.5) is 0 Å². The summed E-state index contributed by atoms with van der Waals surface area (Å²) in [6.07, 6.45) is 1.24. The maximum atomic E-state index is 10.6. The standard InChI is InChI=1S/C8H17NO4/c1-2-3-7(8(12)13)9-6(4-10)5-11/h6-7,9-11H,2-5H2,1H3,(H,12,13). The molecule has 0 rings (SSSR count). The fraction of sp³-hybridized carbons (Fsp3) is 0.875. The van der Waals surface area contributed by atoms with Crippen molar-refractivity contribution in [2.24, 2.45) is 0 Å². The van der Waals surface area contributed by atoms with Crippen LogP contribution in [0.1, 0.15) is 19.8 Å². The quantitative estimate of drug-likeness (QED) is 0.422. The second kappa shape index (κ2) is 6.82. The van der Waals surface area contributed by atoms with Crippen LogP contribution in [0.3, 0.4) is 0 Å². The lowest BCUT2D eigenvalue weighted by atomic mass is 10.1. The van der Waals surface area contributed by atoms with Crippen LogP contribution in [0.2, 0.25) is 0 Å². The van der Waals surface area contributed by atoms with Gasteiger partial charge in [-0.15, -0.1) is 0 Å². The zero-order valence-corrected chi connectivity index (χ0v) is 7.73. The van der Waals surface area contributed by atoms with Gasteiger partial charge in [-0.1, -0.05) is 13.3 Å². The van der Waals surface area contributed by atoms with Crippen LogP contribution in [0.25, 0.3) is 0 Å². The van der Waals surface area contributed by atoms with Gasteiger partial charge in [0, 0.05) is 0 Å². The lowest BCUT2D eigenvalue weighted by Gasteiger charge is -2.19. The van der Waals surface area contributed by atoms with Crippen molar-refractivity contribution in [3.8, 4) is 0 Å². The molecule has 5 heteroatoms. The van der Waals surface area contributed by atoms with Gasteiger partial charge in [0.05, 0.1) is 19.3 Å². The Hall–Kier alpha value is -0.650. The summed E-state index contributed by atoms with van der Waals surface area (Å²) in [7, 11) is 0. The number of aliphatic hydroxyl groups is 2. The van der Waals surface area contributed by atoms with Crippen LogP contribution in [-0.2, 0) is 4.79 Å². The van der Waals surface area contributed by atoms with Crippen LogP contribution in [0, 0.1) is 0 Å². The predicted molar refractivity (Wildman–Crippen MR) is 47.4 cm³/mol. The highest BCUT2D eigenvalue weighted by molar-refractivity contribution is 5.73. The van der Waals surface area contributed by atoms with E-state index in [2.05, 4.69) is 5.32 Å². The van der Waals surface area contributed by atoms with Gasteiger partial charge in [-0.25, -0.2) is 0 Å². The second-order valence-corrected chi connectivity index (χ2v) is 2.91. The van der Waals surface area contributed by atoms with Gasteiger partial charge in [-0.2, -0.15) is 0 Å². The Balaban J connectivity index is 3.99. The molecule has 0 saturated carbocycles. The summed E-state index contributed by atoms with van der Waals surface area (Å²) >= 11 is 0. The highest BCUT2D eigenvalue weighted by Crippen LogP contribution is 1.98. The minimum absolute atomic E-state index is 0.260. The molecule has 5 nitrogen and oxygen atoms in total. The Kier molecular flexibility index (Phi) is 6.48. The molecular formula is C8H17NO4. The number of hydrogen-bond acceptors (Lipinski definition) is 4. The van der Waals surface area contributed by atoms with Crippen molar-refractivity contribution in [1.82, 2.24) is 5.32 Å². The maximum Gasteiger partial charge on any atom is 0.320 e. The fourth-order valence-corrected chi connectivity index (χ4v) is 1.01. The van der Waals surface area contributed by atoms with Crippen LogP contribution in [0.15, 0.2) is 0 Å². The minimum Gasteiger partial charge on any atom is -0.480 e. The molecule has 0 heterocycles. The molecule has 0 aliphatic rings. The highest BCUT2D eigenvalue weighted by atomic mass is 16.4. The number of carboxylic acids is 1. The van der Waals surface area contributed by atoms with Gasteiger partial charge >= 0.3 is 5.97 Å². The van der Waals surface area contributed by atoms with Crippen LogP contribution < -0.4 is 5.32 Å². The molecular weight excluding hydrogens is 174 g/mol. The van der Waals surface area contributed by atoms with Gasteiger partial charge in [0.2, 0.25) is 0 Å². The van der Waals surface area contributed by atoms with E-state index in [1.54, 1.807) is 0 Å². The zero-order valence-electron chi connectivity index (χ0n) is 7.73. The molecule has 0 aromatic carbocycles. The van der Waals surface area contributed by atoms with Crippen molar-refractivity contribution in [3.63, 3.8) is 0 Å². The fourth-order valence-electron chi connectivity index (χ4n) is 1.01. The molecule has 78 valence electrons. The van der Waals surface area contributed by atoms with E-state index in [4.69, 9.17) is 15.3 Å². The molecule has 1 atom stereocenters. The Bertz CT molecular complexity index is 147. The van der Waals surface area contributed by atoms with Crippen molar-refractivity contribution in [2.75, 3.05) is 13.2 Å². The smallest absolute Gasteiger partial charge is 0.320 e. The summed E-state index contributed by atoms with van der Waals surface area (Å²) in [6.45, 7) is 1.36. The van der Waals surface area contributed by atoms with Crippen molar-refractivity contribution < 1.29 is 20.1 Å². The number of carbonyl (C=O) groups is 1. The first-order valence-corrected chi connectivity index (χ1v) is 4.36. The van der Waals surface area contributed by atoms with E-state index >= 15 is 0 Å². The Morgan fingerprint density at radius 1 is 1.38 bits per heavy atom. The van der Waals surface area contributed by atoms with Crippen molar-refractivity contribution in [2.45, 2.75) is 31.8 Å². The third-order valence-corrected chi connectivity index (χ3v) is 1.75. The number of aliphatic hydroxyl groups excluding tert-OH is 2. The van der Waals surface area contributed by atoms with Gasteiger partial charge < -0.3 is 15.3 Å². The molecule has 0 aliphatic carbocycles. The predicted octanol–water partition coefficient (Wildman–Crippen LogP) is -0.817. The van der Waals surface area contributed by atoms with Crippen LogP contribution in [0.5, 0.6) is 0 Å². The van der Waals surface area contributed by atoms with Gasteiger partial charge in [-0.3, -0.25) is 10.1 Å². The summed E-state index contributed by atoms with van der Waals surface area (Å²) in [5.74, 6) is -0.950. The van der Waals surface area contributed by atoms with Crippen molar-refractivity contribution in [3.05, 3.63) is 0 Å². The lowest BCUT2D eigenvalue weighted by molar-refractivity contribution is -0.140. The van der Waals surface area contributed by atoms with Gasteiger partial charge in [-0.05, 0) is 6.42 Å². The average Bonchev–Trinajstić information content (AvgIpc) is 2.11. The topological polar surface area (TPSA) is 89.8 Å². The molecule has 0 radical (unpaired) electrons. The molecule has 0 aliphatic heterocycles. The normalized spacial score (nSPS) is 13.2. The van der Waals surface area contributed by atoms with E-state index in [1.165, 1.54) is 0 Å². The Labute approximate surface area is 77.4 Å². The molecule has 0 amide bonds. The first-order valence-electron chi connectivity index (χ1n) is 4.36. The maximum absolute atomic E-state index is 10.6. The first-order chi connectivity index (χ1) is 6.15.